The summed E-state index contributed by atoms with van der Waals surface area (Å²) in [6.07, 6.45) is -2.98. The second-order valence-electron chi connectivity index (χ2n) is 4.19. The molecule has 1 aliphatic rings. The van der Waals surface area contributed by atoms with Crippen LogP contribution in [0.15, 0.2) is 21.6 Å². The predicted molar refractivity (Wildman–Crippen MR) is 68.6 cm³/mol. The van der Waals surface area contributed by atoms with Crippen LogP contribution in [0.2, 0.25) is 0 Å². The standard InChI is InChI=1S/C11H11BrF3N3O/c12-7-2-5(16)1-6(9(7)13)11(10(14)15)4-19-3-8(17)18-11/h1-2,10H,3-4,16H2,(H2,17,18)/t11-/m0/s1. The molecule has 4 N–H and O–H groups in total. The number of amidine groups is 1. The fraction of sp³-hybridized carbons (Fsp3) is 0.364. The number of rotatable bonds is 2. The first-order valence-corrected chi connectivity index (χ1v) is 6.11. The Hall–Kier alpha value is -1.28. The van der Waals surface area contributed by atoms with Crippen molar-refractivity contribution in [1.82, 2.24) is 0 Å². The van der Waals surface area contributed by atoms with Crippen LogP contribution in [0.1, 0.15) is 5.56 Å². The van der Waals surface area contributed by atoms with Gasteiger partial charge in [-0.15, -0.1) is 0 Å². The normalized spacial score (nSPS) is 23.5. The van der Waals surface area contributed by atoms with E-state index in [2.05, 4.69) is 20.9 Å². The lowest BCUT2D eigenvalue weighted by molar-refractivity contribution is -0.0146. The predicted octanol–water partition coefficient (Wildman–Crippen LogP) is 2.02. The summed E-state index contributed by atoms with van der Waals surface area (Å²) in [4.78, 5) is 3.73. The number of aliphatic imine (C=N–C) groups is 1. The van der Waals surface area contributed by atoms with Gasteiger partial charge in [0.15, 0.2) is 5.54 Å². The number of nitrogens with two attached hydrogens (primary N) is 2. The van der Waals surface area contributed by atoms with Gasteiger partial charge >= 0.3 is 0 Å². The highest BCUT2D eigenvalue weighted by atomic mass is 79.9. The summed E-state index contributed by atoms with van der Waals surface area (Å²) in [5.41, 5.74) is 8.65. The lowest BCUT2D eigenvalue weighted by Gasteiger charge is -2.33. The Balaban J connectivity index is 2.67. The molecular weight excluding hydrogens is 327 g/mol. The van der Waals surface area contributed by atoms with Crippen molar-refractivity contribution in [2.24, 2.45) is 10.7 Å². The summed E-state index contributed by atoms with van der Waals surface area (Å²) >= 11 is 2.93. The van der Waals surface area contributed by atoms with Gasteiger partial charge in [0.1, 0.15) is 18.3 Å². The van der Waals surface area contributed by atoms with Crippen molar-refractivity contribution in [3.05, 3.63) is 28.0 Å². The van der Waals surface area contributed by atoms with Crippen LogP contribution in [-0.2, 0) is 10.3 Å². The maximum atomic E-state index is 14.1. The first-order chi connectivity index (χ1) is 8.86. The zero-order valence-corrected chi connectivity index (χ0v) is 11.3. The van der Waals surface area contributed by atoms with Crippen molar-refractivity contribution in [2.45, 2.75) is 12.0 Å². The van der Waals surface area contributed by atoms with E-state index in [9.17, 15) is 13.2 Å². The minimum absolute atomic E-state index is 0.0122. The van der Waals surface area contributed by atoms with E-state index in [0.717, 1.165) is 6.07 Å². The van der Waals surface area contributed by atoms with E-state index < -0.39 is 24.4 Å². The molecule has 0 spiro atoms. The fourth-order valence-corrected chi connectivity index (χ4v) is 2.40. The van der Waals surface area contributed by atoms with Crippen LogP contribution in [0, 0.1) is 5.82 Å². The molecule has 8 heteroatoms. The summed E-state index contributed by atoms with van der Waals surface area (Å²) in [7, 11) is 0. The summed E-state index contributed by atoms with van der Waals surface area (Å²) in [6, 6.07) is 2.41. The molecule has 0 aliphatic carbocycles. The summed E-state index contributed by atoms with van der Waals surface area (Å²) in [5, 5.41) is 0. The topological polar surface area (TPSA) is 73.6 Å². The minimum Gasteiger partial charge on any atom is -0.399 e. The number of ether oxygens (including phenoxy) is 1. The Morgan fingerprint density at radius 2 is 2.05 bits per heavy atom. The van der Waals surface area contributed by atoms with Gasteiger partial charge in [-0.05, 0) is 28.1 Å². The Morgan fingerprint density at radius 3 is 2.63 bits per heavy atom. The first-order valence-electron chi connectivity index (χ1n) is 5.32. The van der Waals surface area contributed by atoms with Gasteiger partial charge in [0.05, 0.1) is 11.1 Å². The summed E-state index contributed by atoms with van der Waals surface area (Å²) in [6.45, 7) is -0.516. The highest BCUT2D eigenvalue weighted by Gasteiger charge is 2.46. The highest BCUT2D eigenvalue weighted by Crippen LogP contribution is 2.39. The Labute approximate surface area is 115 Å². The van der Waals surface area contributed by atoms with Crippen LogP contribution in [0.25, 0.3) is 0 Å². The van der Waals surface area contributed by atoms with Crippen LogP contribution >= 0.6 is 15.9 Å². The lowest BCUT2D eigenvalue weighted by Crippen LogP contribution is -2.45. The van der Waals surface area contributed by atoms with Crippen molar-refractivity contribution < 1.29 is 17.9 Å². The summed E-state index contributed by atoms with van der Waals surface area (Å²) in [5.74, 6) is -0.957. The average molecular weight is 338 g/mol. The quantitative estimate of drug-likeness (QED) is 0.811. The third-order valence-electron chi connectivity index (χ3n) is 2.79. The van der Waals surface area contributed by atoms with Crippen LogP contribution in [0.5, 0.6) is 0 Å². The number of anilines is 1. The van der Waals surface area contributed by atoms with Crippen LogP contribution in [0.3, 0.4) is 0 Å². The van der Waals surface area contributed by atoms with E-state index in [1.54, 1.807) is 0 Å². The first kappa shape index (κ1) is 14.1. The van der Waals surface area contributed by atoms with Crippen molar-refractivity contribution in [3.8, 4) is 0 Å². The van der Waals surface area contributed by atoms with E-state index in [4.69, 9.17) is 16.2 Å². The van der Waals surface area contributed by atoms with Crippen molar-refractivity contribution in [2.75, 3.05) is 18.9 Å². The van der Waals surface area contributed by atoms with E-state index in [1.165, 1.54) is 6.07 Å². The van der Waals surface area contributed by atoms with Gasteiger partial charge in [-0.25, -0.2) is 13.2 Å². The fourth-order valence-electron chi connectivity index (χ4n) is 1.92. The average Bonchev–Trinajstić information content (AvgIpc) is 2.33. The molecule has 0 bridgehead atoms. The van der Waals surface area contributed by atoms with E-state index in [-0.39, 0.29) is 28.2 Å². The number of alkyl halides is 2. The van der Waals surface area contributed by atoms with Gasteiger partial charge in [-0.1, -0.05) is 0 Å². The van der Waals surface area contributed by atoms with Crippen LogP contribution in [-0.4, -0.2) is 25.5 Å². The molecule has 4 nitrogen and oxygen atoms in total. The molecular formula is C11H11BrF3N3O. The van der Waals surface area contributed by atoms with Gasteiger partial charge in [0.2, 0.25) is 0 Å². The number of benzene rings is 1. The molecule has 1 aromatic carbocycles. The molecule has 1 atom stereocenters. The monoisotopic (exact) mass is 337 g/mol. The molecule has 19 heavy (non-hydrogen) atoms. The zero-order chi connectivity index (χ0) is 14.2. The number of hydrogen-bond donors (Lipinski definition) is 2. The molecule has 2 rings (SSSR count). The van der Waals surface area contributed by atoms with Crippen LogP contribution < -0.4 is 11.5 Å². The van der Waals surface area contributed by atoms with Crippen molar-refractivity contribution >= 4 is 27.5 Å². The Bertz CT molecular complexity index is 538. The maximum absolute atomic E-state index is 14.1. The third-order valence-corrected chi connectivity index (χ3v) is 3.37. The van der Waals surface area contributed by atoms with E-state index in [0.29, 0.717) is 0 Å². The molecule has 0 saturated heterocycles. The largest absolute Gasteiger partial charge is 0.399 e. The molecule has 0 saturated carbocycles. The van der Waals surface area contributed by atoms with Crippen LogP contribution in [0.4, 0.5) is 18.9 Å². The van der Waals surface area contributed by atoms with Gasteiger partial charge < -0.3 is 16.2 Å². The van der Waals surface area contributed by atoms with Gasteiger partial charge in [0.25, 0.3) is 6.43 Å². The molecule has 0 unspecified atom stereocenters. The van der Waals surface area contributed by atoms with E-state index in [1.807, 2.05) is 0 Å². The van der Waals surface area contributed by atoms with Crippen molar-refractivity contribution in [1.29, 1.82) is 0 Å². The second kappa shape index (κ2) is 5.01. The zero-order valence-electron chi connectivity index (χ0n) is 9.67. The highest BCUT2D eigenvalue weighted by molar-refractivity contribution is 9.10. The molecule has 0 fully saturated rings. The number of nitrogen functional groups attached to an aromatic ring is 1. The molecule has 104 valence electrons. The third kappa shape index (κ3) is 2.42. The number of halogens is 4. The molecule has 0 radical (unpaired) electrons. The van der Waals surface area contributed by atoms with Gasteiger partial charge in [-0.3, -0.25) is 4.99 Å². The van der Waals surface area contributed by atoms with Gasteiger partial charge in [-0.2, -0.15) is 0 Å². The molecule has 1 heterocycles. The molecule has 1 aliphatic heterocycles. The summed E-state index contributed by atoms with van der Waals surface area (Å²) < 4.78 is 45.9. The molecule has 1 aromatic rings. The molecule has 0 aromatic heterocycles. The van der Waals surface area contributed by atoms with E-state index >= 15 is 0 Å². The SMILES string of the molecule is NC1=N[C@@](c2cc(N)cc(Br)c2F)(C(F)F)COC1. The number of nitrogens with zero attached hydrogens (tertiary/aromatic N) is 1. The second-order valence-corrected chi connectivity index (χ2v) is 5.04. The number of hydrogen-bond acceptors (Lipinski definition) is 4. The Morgan fingerprint density at radius 1 is 1.37 bits per heavy atom. The smallest absolute Gasteiger partial charge is 0.269 e. The van der Waals surface area contributed by atoms with Crippen molar-refractivity contribution in [3.63, 3.8) is 0 Å². The minimum atomic E-state index is -2.98. The molecule has 0 amide bonds. The lowest BCUT2D eigenvalue weighted by atomic mass is 9.90. The van der Waals surface area contributed by atoms with Gasteiger partial charge in [0, 0.05) is 11.3 Å². The maximum Gasteiger partial charge on any atom is 0.269 e. The Kier molecular flexibility index (Phi) is 3.73.